The Morgan fingerprint density at radius 2 is 1.94 bits per heavy atom. The van der Waals surface area contributed by atoms with Gasteiger partial charge in [0.1, 0.15) is 0 Å². The van der Waals surface area contributed by atoms with E-state index in [-0.39, 0.29) is 0 Å². The number of hydrogen-bond acceptors (Lipinski definition) is 5. The Kier molecular flexibility index (Phi) is 8.72. The summed E-state index contributed by atoms with van der Waals surface area (Å²) < 4.78 is 13.4. The minimum absolute atomic E-state index is 0.517. The molecule has 31 heavy (non-hydrogen) atoms. The number of guanidine groups is 1. The van der Waals surface area contributed by atoms with Crippen LogP contribution in [0.4, 0.5) is 0 Å². The van der Waals surface area contributed by atoms with E-state index in [0.29, 0.717) is 30.5 Å². The number of ether oxygens (including phenoxy) is 2. The Morgan fingerprint density at radius 3 is 2.65 bits per heavy atom. The van der Waals surface area contributed by atoms with Crippen molar-refractivity contribution in [2.45, 2.75) is 33.4 Å². The van der Waals surface area contributed by atoms with E-state index in [0.717, 1.165) is 37.6 Å². The molecule has 164 valence electrons. The highest BCUT2D eigenvalue weighted by molar-refractivity contribution is 5.79. The Labute approximate surface area is 183 Å². The highest BCUT2D eigenvalue weighted by Gasteiger charge is 2.06. The third kappa shape index (κ3) is 7.33. The van der Waals surface area contributed by atoms with Gasteiger partial charge in [-0.1, -0.05) is 18.2 Å². The smallest absolute Gasteiger partial charge is 0.219 e. The molecule has 0 radical (unpaired) electrons. The SMILES string of the molecule is CCNC(=NCc1ccc(Oc2ccccc2OCC)nc1)NCCCn1cccn1. The van der Waals surface area contributed by atoms with E-state index in [9.17, 15) is 0 Å². The van der Waals surface area contributed by atoms with Crippen LogP contribution in [0.1, 0.15) is 25.8 Å². The molecule has 1 aromatic carbocycles. The van der Waals surface area contributed by atoms with Gasteiger partial charge in [-0.05, 0) is 44.0 Å². The molecule has 0 amide bonds. The van der Waals surface area contributed by atoms with Crippen molar-refractivity contribution in [3.63, 3.8) is 0 Å². The number of nitrogens with one attached hydrogen (secondary N) is 2. The largest absolute Gasteiger partial charge is 0.490 e. The highest BCUT2D eigenvalue weighted by atomic mass is 16.5. The summed E-state index contributed by atoms with van der Waals surface area (Å²) in [5, 5.41) is 10.8. The molecule has 0 aliphatic rings. The van der Waals surface area contributed by atoms with E-state index < -0.39 is 0 Å². The summed E-state index contributed by atoms with van der Waals surface area (Å²) >= 11 is 0. The van der Waals surface area contributed by atoms with E-state index in [2.05, 4.69) is 32.6 Å². The molecular weight excluding hydrogens is 392 g/mol. The monoisotopic (exact) mass is 422 g/mol. The minimum Gasteiger partial charge on any atom is -0.490 e. The second-order valence-electron chi connectivity index (χ2n) is 6.73. The van der Waals surface area contributed by atoms with Crippen molar-refractivity contribution in [2.75, 3.05) is 19.7 Å². The van der Waals surface area contributed by atoms with Crippen molar-refractivity contribution in [1.29, 1.82) is 0 Å². The van der Waals surface area contributed by atoms with Crippen LogP contribution in [0.3, 0.4) is 0 Å². The summed E-state index contributed by atoms with van der Waals surface area (Å²) in [7, 11) is 0. The number of aliphatic imine (C=N–C) groups is 1. The van der Waals surface area contributed by atoms with Gasteiger partial charge in [-0.25, -0.2) is 9.98 Å². The van der Waals surface area contributed by atoms with Crippen molar-refractivity contribution in [1.82, 2.24) is 25.4 Å². The van der Waals surface area contributed by atoms with Crippen LogP contribution in [0.15, 0.2) is 66.0 Å². The van der Waals surface area contributed by atoms with Gasteiger partial charge in [-0.15, -0.1) is 0 Å². The quantitative estimate of drug-likeness (QED) is 0.279. The molecule has 0 fully saturated rings. The van der Waals surface area contributed by atoms with Crippen molar-refractivity contribution in [3.8, 4) is 17.4 Å². The molecule has 0 aliphatic heterocycles. The Bertz CT molecular complexity index is 926. The molecule has 8 heteroatoms. The number of rotatable bonds is 11. The predicted octanol–water partition coefficient (Wildman–Crippen LogP) is 3.61. The highest BCUT2D eigenvalue weighted by Crippen LogP contribution is 2.30. The van der Waals surface area contributed by atoms with Gasteiger partial charge in [-0.2, -0.15) is 5.10 Å². The molecule has 2 heterocycles. The fourth-order valence-electron chi connectivity index (χ4n) is 2.88. The summed E-state index contributed by atoms with van der Waals surface area (Å²) in [6, 6.07) is 13.3. The van der Waals surface area contributed by atoms with Gasteiger partial charge in [0.15, 0.2) is 17.5 Å². The lowest BCUT2D eigenvalue weighted by molar-refractivity contribution is 0.319. The van der Waals surface area contributed by atoms with Crippen LogP contribution >= 0.6 is 0 Å². The summed E-state index contributed by atoms with van der Waals surface area (Å²) in [5.74, 6) is 2.66. The minimum atomic E-state index is 0.517. The van der Waals surface area contributed by atoms with Crippen LogP contribution < -0.4 is 20.1 Å². The van der Waals surface area contributed by atoms with Crippen LogP contribution in [0, 0.1) is 0 Å². The average Bonchev–Trinajstić information content (AvgIpc) is 3.31. The number of aromatic nitrogens is 3. The van der Waals surface area contributed by atoms with Crippen LogP contribution in [0.5, 0.6) is 17.4 Å². The van der Waals surface area contributed by atoms with Crippen molar-refractivity contribution < 1.29 is 9.47 Å². The molecule has 0 aliphatic carbocycles. The van der Waals surface area contributed by atoms with Crippen LogP contribution in [0.2, 0.25) is 0 Å². The number of pyridine rings is 1. The first-order valence-electron chi connectivity index (χ1n) is 10.6. The fraction of sp³-hybridized carbons (Fsp3) is 0.348. The van der Waals surface area contributed by atoms with Gasteiger partial charge in [0.05, 0.1) is 13.2 Å². The first kappa shape index (κ1) is 22.1. The fourth-order valence-corrected chi connectivity index (χ4v) is 2.88. The zero-order valence-corrected chi connectivity index (χ0v) is 18.1. The molecule has 2 N–H and O–H groups in total. The zero-order chi connectivity index (χ0) is 21.7. The second-order valence-corrected chi connectivity index (χ2v) is 6.73. The molecule has 3 aromatic rings. The number of benzene rings is 1. The van der Waals surface area contributed by atoms with Crippen molar-refractivity contribution in [3.05, 3.63) is 66.6 Å². The molecule has 0 spiro atoms. The van der Waals surface area contributed by atoms with E-state index in [1.54, 1.807) is 12.4 Å². The van der Waals surface area contributed by atoms with E-state index in [4.69, 9.17) is 9.47 Å². The first-order valence-corrected chi connectivity index (χ1v) is 10.6. The van der Waals surface area contributed by atoms with Gasteiger partial charge in [0, 0.05) is 44.3 Å². The maximum atomic E-state index is 5.87. The van der Waals surface area contributed by atoms with Crippen molar-refractivity contribution >= 4 is 5.96 Å². The van der Waals surface area contributed by atoms with Crippen LogP contribution in [-0.4, -0.2) is 40.4 Å². The van der Waals surface area contributed by atoms with E-state index >= 15 is 0 Å². The molecule has 0 atom stereocenters. The van der Waals surface area contributed by atoms with Gasteiger partial charge in [0.25, 0.3) is 0 Å². The molecule has 0 saturated carbocycles. The Balaban J connectivity index is 1.51. The van der Waals surface area contributed by atoms with Crippen molar-refractivity contribution in [2.24, 2.45) is 4.99 Å². The lowest BCUT2D eigenvalue weighted by Crippen LogP contribution is -2.38. The molecule has 0 bridgehead atoms. The molecule has 2 aromatic heterocycles. The third-order valence-corrected chi connectivity index (χ3v) is 4.34. The maximum Gasteiger partial charge on any atom is 0.219 e. The molecular formula is C23H30N6O2. The molecule has 3 rings (SSSR count). The zero-order valence-electron chi connectivity index (χ0n) is 18.1. The standard InChI is InChI=1S/C23H30N6O2/c1-3-24-23(25-13-7-15-29-16-8-14-28-29)27-18-19-11-12-22(26-17-19)31-21-10-6-5-9-20(21)30-4-2/h5-6,8-12,14,16-17H,3-4,7,13,15,18H2,1-2H3,(H2,24,25,27). The average molecular weight is 423 g/mol. The normalized spacial score (nSPS) is 11.2. The lowest BCUT2D eigenvalue weighted by Gasteiger charge is -2.12. The Hall–Kier alpha value is -3.55. The molecule has 0 saturated heterocycles. The van der Waals surface area contributed by atoms with E-state index in [1.165, 1.54) is 0 Å². The topological polar surface area (TPSA) is 85.6 Å². The summed E-state index contributed by atoms with van der Waals surface area (Å²) in [6.07, 6.45) is 6.50. The van der Waals surface area contributed by atoms with Crippen LogP contribution in [-0.2, 0) is 13.1 Å². The maximum absolute atomic E-state index is 5.87. The van der Waals surface area contributed by atoms with Gasteiger partial charge < -0.3 is 20.1 Å². The number of aryl methyl sites for hydroxylation is 1. The number of hydrogen-bond donors (Lipinski definition) is 2. The second kappa shape index (κ2) is 12.2. The van der Waals surface area contributed by atoms with Gasteiger partial charge in [0.2, 0.25) is 5.88 Å². The van der Waals surface area contributed by atoms with Gasteiger partial charge in [-0.3, -0.25) is 4.68 Å². The molecule has 8 nitrogen and oxygen atoms in total. The summed E-state index contributed by atoms with van der Waals surface area (Å²) in [6.45, 7) is 7.59. The lowest BCUT2D eigenvalue weighted by atomic mass is 10.3. The number of para-hydroxylation sites is 2. The van der Waals surface area contributed by atoms with Gasteiger partial charge >= 0.3 is 0 Å². The number of nitrogens with zero attached hydrogens (tertiary/aromatic N) is 4. The van der Waals surface area contributed by atoms with E-state index in [1.807, 2.05) is 60.3 Å². The molecule has 0 unspecified atom stereocenters. The summed E-state index contributed by atoms with van der Waals surface area (Å²) in [5.41, 5.74) is 0.999. The third-order valence-electron chi connectivity index (χ3n) is 4.34. The summed E-state index contributed by atoms with van der Waals surface area (Å²) in [4.78, 5) is 9.05. The Morgan fingerprint density at radius 1 is 1.06 bits per heavy atom. The predicted molar refractivity (Wildman–Crippen MR) is 122 cm³/mol. The first-order chi connectivity index (χ1) is 15.3. The van der Waals surface area contributed by atoms with Crippen LogP contribution in [0.25, 0.3) is 0 Å².